The third kappa shape index (κ3) is 5.47. The minimum absolute atomic E-state index is 0.0186. The fourth-order valence-corrected chi connectivity index (χ4v) is 7.81. The second kappa shape index (κ2) is 11.5. The van der Waals surface area contributed by atoms with Crippen molar-refractivity contribution in [2.45, 2.75) is 49.1 Å². The fraction of sp³-hybridized carbons (Fsp3) is 0.476. The van der Waals surface area contributed by atoms with E-state index in [-0.39, 0.29) is 33.7 Å². The summed E-state index contributed by atoms with van der Waals surface area (Å²) >= 11 is 5.15. The number of anilines is 1. The Morgan fingerprint density at radius 3 is 2.59 bits per heavy atom. The van der Waals surface area contributed by atoms with Gasteiger partial charge in [0, 0.05) is 6.07 Å². The number of imidazole rings is 1. The number of nitro groups is 1. The molecular weight excluding hydrogens is 683 g/mol. The molecule has 3 aromatic heterocycles. The van der Waals surface area contributed by atoms with Crippen LogP contribution >= 0.6 is 14.5 Å². The lowest BCUT2D eigenvalue weighted by Crippen LogP contribution is -2.38. The van der Waals surface area contributed by atoms with Gasteiger partial charge in [0.05, 0.1) is 30.0 Å². The standard InChI is InChI=1S/C21H22FN9O12P2S/c22-12-16-10(40-20(12)29-7-26-14-18(23)24-6-25-19(14)29)5-39-45(37,46)43-17-11(4-38-44(35,36)42-16)41-21(15(17)32)30-8-2-1-3-9(31(33)34)13(8)27-28-30/h1-3,6-7,10-12,15-17,20-21,32H,4-5H2,(H,35,36)(H,37,46)(H2,23,24,25)/t10-,11-,12-,15-,16-,17-,20-,21-,45?/m1/s1. The minimum Gasteiger partial charge on any atom is -0.385 e. The average molecular weight is 705 g/mol. The van der Waals surface area contributed by atoms with Crippen LogP contribution < -0.4 is 5.73 Å². The molecule has 3 saturated heterocycles. The topological polar surface area (TPSA) is 277 Å². The lowest BCUT2D eigenvalue weighted by molar-refractivity contribution is -0.383. The summed E-state index contributed by atoms with van der Waals surface area (Å²) in [6.45, 7) is -5.80. The highest BCUT2D eigenvalue weighted by molar-refractivity contribution is 8.07. The van der Waals surface area contributed by atoms with Crippen LogP contribution in [-0.4, -0.2) is 104 Å². The van der Waals surface area contributed by atoms with Crippen molar-refractivity contribution in [2.24, 2.45) is 0 Å². The molecule has 0 radical (unpaired) electrons. The van der Waals surface area contributed by atoms with E-state index in [9.17, 15) is 29.6 Å². The van der Waals surface area contributed by atoms with Crippen molar-refractivity contribution in [3.63, 3.8) is 0 Å². The number of hydrogen-bond donors (Lipinski definition) is 4. The average Bonchev–Trinajstić information content (AvgIpc) is 3.76. The molecule has 246 valence electrons. The van der Waals surface area contributed by atoms with Gasteiger partial charge >= 0.3 is 14.5 Å². The van der Waals surface area contributed by atoms with Crippen LogP contribution in [0.1, 0.15) is 12.5 Å². The summed E-state index contributed by atoms with van der Waals surface area (Å²) in [7, 11) is -5.10. The summed E-state index contributed by atoms with van der Waals surface area (Å²) in [5.74, 6) is 0.0186. The second-order valence-electron chi connectivity index (χ2n) is 10.3. The molecule has 10 atom stereocenters. The van der Waals surface area contributed by atoms with Crippen LogP contribution in [0.3, 0.4) is 0 Å². The molecule has 5 N–H and O–H groups in total. The number of rotatable bonds is 3. The molecule has 4 aromatic rings. The number of hydrogen-bond acceptors (Lipinski definition) is 17. The Kier molecular flexibility index (Phi) is 7.86. The van der Waals surface area contributed by atoms with E-state index in [0.29, 0.717) is 0 Å². The van der Waals surface area contributed by atoms with Gasteiger partial charge in [-0.05, 0) is 17.9 Å². The number of aliphatic hydroxyl groups is 1. The van der Waals surface area contributed by atoms with Gasteiger partial charge < -0.3 is 34.6 Å². The Labute approximate surface area is 260 Å². The summed E-state index contributed by atoms with van der Waals surface area (Å²) in [6, 6.07) is 4.01. The van der Waals surface area contributed by atoms with Crippen molar-refractivity contribution in [1.82, 2.24) is 34.5 Å². The van der Waals surface area contributed by atoms with E-state index in [1.54, 1.807) is 0 Å². The van der Waals surface area contributed by atoms with Crippen LogP contribution in [0.25, 0.3) is 22.2 Å². The number of nitro benzene ring substituents is 1. The zero-order valence-electron chi connectivity index (χ0n) is 22.8. The number of aliphatic hydroxyl groups excluding tert-OH is 1. The Bertz CT molecular complexity index is 1940. The van der Waals surface area contributed by atoms with Gasteiger partial charge in [0.1, 0.15) is 42.4 Å². The first-order valence-corrected chi connectivity index (χ1v) is 17.3. The zero-order chi connectivity index (χ0) is 32.5. The zero-order valence-corrected chi connectivity index (χ0v) is 25.4. The monoisotopic (exact) mass is 705 g/mol. The Morgan fingerprint density at radius 1 is 1.07 bits per heavy atom. The van der Waals surface area contributed by atoms with E-state index in [2.05, 4.69) is 25.3 Å². The highest BCUT2D eigenvalue weighted by Crippen LogP contribution is 2.54. The first-order valence-electron chi connectivity index (χ1n) is 13.2. The maximum absolute atomic E-state index is 15.9. The number of nitrogens with two attached hydrogens (primary N) is 1. The van der Waals surface area contributed by atoms with Gasteiger partial charge in [-0.1, -0.05) is 11.3 Å². The minimum atomic E-state index is -5.10. The molecule has 21 nitrogen and oxygen atoms in total. The lowest BCUT2D eigenvalue weighted by atomic mass is 10.1. The number of fused-ring (bicyclic) bond motifs is 4. The summed E-state index contributed by atoms with van der Waals surface area (Å²) in [4.78, 5) is 44.2. The number of halogens is 1. The molecule has 0 amide bonds. The first-order chi connectivity index (χ1) is 21.8. The molecular formula is C21H22FN9O12P2S. The molecule has 0 aliphatic carbocycles. The number of nitrogen functional groups attached to an aromatic ring is 1. The van der Waals surface area contributed by atoms with Crippen LogP contribution in [0, 0.1) is 10.1 Å². The van der Waals surface area contributed by atoms with Crippen LogP contribution in [-0.2, 0) is 43.9 Å². The number of phosphoric ester groups is 1. The largest absolute Gasteiger partial charge is 0.472 e. The number of aromatic nitrogens is 7. The SMILES string of the molecule is Nc1ncnc2c1ncn2[C@@H]1O[C@@H]2COP(O)(=S)O[C@H]3[C@@H](O)[C@H](n4nnc5c([N+](=O)[O-])cccc54)O[C@@H]3COP(=O)(O)O[C@H]2[C@H]1F. The summed E-state index contributed by atoms with van der Waals surface area (Å²) in [5.41, 5.74) is 5.69. The predicted octanol–water partition coefficient (Wildman–Crippen LogP) is 0.390. The molecule has 7 rings (SSSR count). The molecule has 25 heteroatoms. The maximum atomic E-state index is 15.9. The molecule has 3 aliphatic rings. The highest BCUT2D eigenvalue weighted by atomic mass is 32.5. The Hall–Kier alpha value is -3.18. The van der Waals surface area contributed by atoms with Gasteiger partial charge in [0.25, 0.3) is 5.69 Å². The van der Waals surface area contributed by atoms with Crippen molar-refractivity contribution >= 4 is 60.1 Å². The molecule has 0 saturated carbocycles. The number of ether oxygens (including phenoxy) is 2. The Balaban J connectivity index is 1.16. The van der Waals surface area contributed by atoms with Crippen molar-refractivity contribution in [3.8, 4) is 0 Å². The lowest BCUT2D eigenvalue weighted by Gasteiger charge is -2.29. The van der Waals surface area contributed by atoms with Crippen molar-refractivity contribution in [2.75, 3.05) is 18.9 Å². The Morgan fingerprint density at radius 2 is 1.80 bits per heavy atom. The third-order valence-electron chi connectivity index (χ3n) is 7.47. The van der Waals surface area contributed by atoms with Gasteiger partial charge in [-0.3, -0.25) is 28.3 Å². The molecule has 46 heavy (non-hydrogen) atoms. The molecule has 0 bridgehead atoms. The second-order valence-corrected chi connectivity index (χ2v) is 14.4. The number of benzene rings is 1. The van der Waals surface area contributed by atoms with Gasteiger partial charge in [0.15, 0.2) is 35.6 Å². The molecule has 3 aliphatic heterocycles. The highest BCUT2D eigenvalue weighted by Gasteiger charge is 2.54. The first kappa shape index (κ1) is 31.4. The molecule has 3 fully saturated rings. The van der Waals surface area contributed by atoms with Gasteiger partial charge in [-0.25, -0.2) is 28.6 Å². The van der Waals surface area contributed by atoms with Gasteiger partial charge in [-0.15, -0.1) is 5.10 Å². The summed E-state index contributed by atoms with van der Waals surface area (Å²) in [6.07, 6.45) is -10.7. The molecule has 1 aromatic carbocycles. The molecule has 2 unspecified atom stereocenters. The smallest absolute Gasteiger partial charge is 0.385 e. The fourth-order valence-electron chi connectivity index (χ4n) is 5.41. The van der Waals surface area contributed by atoms with E-state index < -0.39 is 81.8 Å². The van der Waals surface area contributed by atoms with Crippen LogP contribution in [0.2, 0.25) is 0 Å². The quantitative estimate of drug-likeness (QED) is 0.127. The molecule has 0 spiro atoms. The van der Waals surface area contributed by atoms with E-state index in [4.69, 9.17) is 45.1 Å². The summed E-state index contributed by atoms with van der Waals surface area (Å²) in [5, 5.41) is 30.3. The summed E-state index contributed by atoms with van der Waals surface area (Å²) < 4.78 is 64.1. The van der Waals surface area contributed by atoms with Crippen molar-refractivity contribution in [1.29, 1.82) is 0 Å². The van der Waals surface area contributed by atoms with E-state index in [1.807, 2.05) is 0 Å². The molecule has 6 heterocycles. The predicted molar refractivity (Wildman–Crippen MR) is 151 cm³/mol. The number of alkyl halides is 1. The van der Waals surface area contributed by atoms with Crippen LogP contribution in [0.4, 0.5) is 15.9 Å². The van der Waals surface area contributed by atoms with E-state index in [0.717, 1.165) is 11.0 Å². The normalized spacial score (nSPS) is 37.0. The van der Waals surface area contributed by atoms with Gasteiger partial charge in [-0.2, -0.15) is 0 Å². The number of phosphoric acid groups is 1. The third-order valence-corrected chi connectivity index (χ3v) is 10.0. The van der Waals surface area contributed by atoms with Crippen LogP contribution in [0.15, 0.2) is 30.9 Å². The van der Waals surface area contributed by atoms with E-state index >= 15 is 4.39 Å². The van der Waals surface area contributed by atoms with Crippen molar-refractivity contribution < 1.29 is 56.3 Å². The maximum Gasteiger partial charge on any atom is 0.472 e. The van der Waals surface area contributed by atoms with E-state index in [1.165, 1.54) is 29.1 Å². The van der Waals surface area contributed by atoms with Crippen LogP contribution in [0.5, 0.6) is 0 Å². The number of nitrogens with zero attached hydrogens (tertiary/aromatic N) is 8. The van der Waals surface area contributed by atoms with Crippen molar-refractivity contribution in [3.05, 3.63) is 41.0 Å². The van der Waals surface area contributed by atoms with Gasteiger partial charge in [0.2, 0.25) is 0 Å². The number of non-ortho nitro benzene ring substituents is 1.